The van der Waals surface area contributed by atoms with Crippen molar-refractivity contribution in [3.63, 3.8) is 0 Å². The Kier molecular flexibility index (Phi) is 4.86. The molecule has 0 saturated carbocycles. The second-order valence-electron chi connectivity index (χ2n) is 7.67. The number of fused-ring (bicyclic) bond motifs is 1. The number of aromatic nitrogens is 3. The van der Waals surface area contributed by atoms with Crippen LogP contribution in [-0.2, 0) is 0 Å². The second kappa shape index (κ2) is 7.82. The van der Waals surface area contributed by atoms with Crippen molar-refractivity contribution >= 4 is 5.91 Å². The highest BCUT2D eigenvalue weighted by atomic mass is 16.5. The highest BCUT2D eigenvalue weighted by Gasteiger charge is 2.33. The van der Waals surface area contributed by atoms with Crippen LogP contribution in [-0.4, -0.2) is 45.6 Å². The van der Waals surface area contributed by atoms with E-state index in [-0.39, 0.29) is 11.9 Å². The van der Waals surface area contributed by atoms with Crippen LogP contribution in [0, 0.1) is 6.92 Å². The first kappa shape index (κ1) is 18.7. The van der Waals surface area contributed by atoms with E-state index in [0.29, 0.717) is 31.1 Å². The molecule has 2 aromatic carbocycles. The van der Waals surface area contributed by atoms with Crippen molar-refractivity contribution in [2.24, 2.45) is 0 Å². The molecule has 0 aliphatic carbocycles. The molecule has 2 aliphatic heterocycles. The van der Waals surface area contributed by atoms with Crippen molar-refractivity contribution < 1.29 is 14.3 Å². The molecule has 7 heteroatoms. The Balaban J connectivity index is 1.42. The van der Waals surface area contributed by atoms with Crippen molar-refractivity contribution in [3.05, 3.63) is 65.5 Å². The Bertz CT molecular complexity index is 1060. The summed E-state index contributed by atoms with van der Waals surface area (Å²) in [4.78, 5) is 16.8. The van der Waals surface area contributed by atoms with Crippen LogP contribution in [0.1, 0.15) is 47.1 Å². The van der Waals surface area contributed by atoms with E-state index in [1.807, 2.05) is 60.4 Å². The molecule has 0 bridgehead atoms. The number of hydrogen-bond donors (Lipinski definition) is 0. The lowest BCUT2D eigenvalue weighted by molar-refractivity contribution is 0.0728. The summed E-state index contributed by atoms with van der Waals surface area (Å²) < 4.78 is 11.6. The second-order valence-corrected chi connectivity index (χ2v) is 7.67. The van der Waals surface area contributed by atoms with Crippen LogP contribution in [0.4, 0.5) is 0 Å². The molecule has 0 radical (unpaired) electrons. The third-order valence-corrected chi connectivity index (χ3v) is 5.64. The van der Waals surface area contributed by atoms with Crippen LogP contribution in [0.3, 0.4) is 0 Å². The van der Waals surface area contributed by atoms with Crippen LogP contribution >= 0.6 is 0 Å². The monoisotopic (exact) mass is 404 g/mol. The molecule has 0 unspecified atom stereocenters. The van der Waals surface area contributed by atoms with Gasteiger partial charge in [-0.25, -0.2) is 0 Å². The van der Waals surface area contributed by atoms with Crippen molar-refractivity contribution in [1.82, 2.24) is 19.9 Å². The van der Waals surface area contributed by atoms with Crippen LogP contribution in [0.25, 0.3) is 5.69 Å². The Morgan fingerprint density at radius 2 is 1.80 bits per heavy atom. The van der Waals surface area contributed by atoms with Crippen LogP contribution in [0.15, 0.2) is 48.5 Å². The van der Waals surface area contributed by atoms with Gasteiger partial charge in [-0.05, 0) is 49.6 Å². The number of hydrogen-bond acceptors (Lipinski definition) is 5. The van der Waals surface area contributed by atoms with Gasteiger partial charge in [-0.1, -0.05) is 24.3 Å². The molecule has 5 rings (SSSR count). The molecule has 0 spiro atoms. The number of rotatable bonds is 3. The SMILES string of the molecule is Cc1nn(-c2ccccc2)nc1C(=O)N1CCC[C@H]1c1ccc2c(c1)OCCCO2. The number of amides is 1. The van der Waals surface area contributed by atoms with Gasteiger partial charge in [-0.3, -0.25) is 4.79 Å². The smallest absolute Gasteiger partial charge is 0.276 e. The number of carbonyl (C=O) groups excluding carboxylic acids is 1. The van der Waals surface area contributed by atoms with Crippen LogP contribution < -0.4 is 9.47 Å². The van der Waals surface area contributed by atoms with Crippen molar-refractivity contribution in [1.29, 1.82) is 0 Å². The number of carbonyl (C=O) groups is 1. The fourth-order valence-electron chi connectivity index (χ4n) is 4.13. The summed E-state index contributed by atoms with van der Waals surface area (Å²) in [6.07, 6.45) is 2.74. The van der Waals surface area contributed by atoms with Gasteiger partial charge in [-0.15, -0.1) is 5.10 Å². The molecule has 0 N–H and O–H groups in total. The maximum Gasteiger partial charge on any atom is 0.276 e. The molecule has 3 heterocycles. The summed E-state index contributed by atoms with van der Waals surface area (Å²) in [5.41, 5.74) is 2.94. The summed E-state index contributed by atoms with van der Waals surface area (Å²) in [6.45, 7) is 3.84. The van der Waals surface area contributed by atoms with Gasteiger partial charge in [0.2, 0.25) is 0 Å². The van der Waals surface area contributed by atoms with E-state index < -0.39 is 0 Å². The normalized spacial score (nSPS) is 18.3. The minimum atomic E-state index is -0.0794. The molecular formula is C23H24N4O3. The first-order valence-electron chi connectivity index (χ1n) is 10.4. The molecule has 1 aromatic heterocycles. The maximum atomic E-state index is 13.4. The maximum absolute atomic E-state index is 13.4. The van der Waals surface area contributed by atoms with Gasteiger partial charge in [-0.2, -0.15) is 9.90 Å². The molecule has 1 atom stereocenters. The van der Waals surface area contributed by atoms with E-state index in [9.17, 15) is 4.79 Å². The standard InChI is InChI=1S/C23H24N4O3/c1-16-22(25-27(24-16)18-7-3-2-4-8-18)23(28)26-12-5-9-19(26)17-10-11-20-21(15-17)30-14-6-13-29-20/h2-4,7-8,10-11,15,19H,5-6,9,12-14H2,1H3/t19-/m0/s1. The van der Waals surface area contributed by atoms with Crippen LogP contribution in [0.2, 0.25) is 0 Å². The van der Waals surface area contributed by atoms with Crippen molar-refractivity contribution in [2.75, 3.05) is 19.8 Å². The Morgan fingerprint density at radius 1 is 1.00 bits per heavy atom. The number of nitrogens with zero attached hydrogens (tertiary/aromatic N) is 4. The van der Waals surface area contributed by atoms with E-state index in [1.165, 1.54) is 4.80 Å². The summed E-state index contributed by atoms with van der Waals surface area (Å²) in [6, 6.07) is 15.6. The summed E-state index contributed by atoms with van der Waals surface area (Å²) in [5, 5.41) is 8.97. The molecule has 1 fully saturated rings. The number of para-hydroxylation sites is 1. The zero-order chi connectivity index (χ0) is 20.5. The van der Waals surface area contributed by atoms with Gasteiger partial charge in [0, 0.05) is 13.0 Å². The Hall–Kier alpha value is -3.35. The average molecular weight is 404 g/mol. The zero-order valence-corrected chi connectivity index (χ0v) is 17.0. The van der Waals surface area contributed by atoms with Gasteiger partial charge >= 0.3 is 0 Å². The predicted molar refractivity (Wildman–Crippen MR) is 111 cm³/mol. The number of aryl methyl sites for hydroxylation is 1. The summed E-state index contributed by atoms with van der Waals surface area (Å²) in [5.74, 6) is 1.45. The van der Waals surface area contributed by atoms with Gasteiger partial charge in [0.25, 0.3) is 5.91 Å². The highest BCUT2D eigenvalue weighted by molar-refractivity contribution is 5.93. The minimum Gasteiger partial charge on any atom is -0.490 e. The van der Waals surface area contributed by atoms with E-state index >= 15 is 0 Å². The van der Waals surface area contributed by atoms with Crippen molar-refractivity contribution in [2.45, 2.75) is 32.2 Å². The van der Waals surface area contributed by atoms with Crippen molar-refractivity contribution in [3.8, 4) is 17.2 Å². The van der Waals surface area contributed by atoms with Gasteiger partial charge in [0.15, 0.2) is 17.2 Å². The lowest BCUT2D eigenvalue weighted by Crippen LogP contribution is -2.31. The van der Waals surface area contributed by atoms with E-state index in [1.54, 1.807) is 0 Å². The molecule has 7 nitrogen and oxygen atoms in total. The minimum absolute atomic E-state index is 0.00377. The van der Waals surface area contributed by atoms with Gasteiger partial charge in [0.05, 0.1) is 30.6 Å². The average Bonchev–Trinajstić information content (AvgIpc) is 3.34. The largest absolute Gasteiger partial charge is 0.490 e. The third-order valence-electron chi connectivity index (χ3n) is 5.64. The third kappa shape index (κ3) is 3.40. The Morgan fingerprint density at radius 3 is 2.63 bits per heavy atom. The fraction of sp³-hybridized carbons (Fsp3) is 0.348. The lowest BCUT2D eigenvalue weighted by atomic mass is 10.0. The number of ether oxygens (including phenoxy) is 2. The molecule has 30 heavy (non-hydrogen) atoms. The van der Waals surface area contributed by atoms with Gasteiger partial charge in [0.1, 0.15) is 0 Å². The Labute approximate surface area is 175 Å². The fourth-order valence-corrected chi connectivity index (χ4v) is 4.13. The van der Waals surface area contributed by atoms with E-state index in [2.05, 4.69) is 10.2 Å². The number of benzene rings is 2. The summed E-state index contributed by atoms with van der Waals surface area (Å²) >= 11 is 0. The zero-order valence-electron chi connectivity index (χ0n) is 17.0. The molecule has 3 aromatic rings. The van der Waals surface area contributed by atoms with Gasteiger partial charge < -0.3 is 14.4 Å². The van der Waals surface area contributed by atoms with E-state index in [0.717, 1.165) is 42.0 Å². The highest BCUT2D eigenvalue weighted by Crippen LogP contribution is 2.38. The molecule has 2 aliphatic rings. The molecule has 1 saturated heterocycles. The van der Waals surface area contributed by atoms with E-state index in [4.69, 9.17) is 9.47 Å². The molecule has 1 amide bonds. The summed E-state index contributed by atoms with van der Waals surface area (Å²) in [7, 11) is 0. The lowest BCUT2D eigenvalue weighted by Gasteiger charge is -2.25. The number of likely N-dealkylation sites (tertiary alicyclic amines) is 1. The topological polar surface area (TPSA) is 69.5 Å². The first-order valence-corrected chi connectivity index (χ1v) is 10.4. The predicted octanol–water partition coefficient (Wildman–Crippen LogP) is 3.71. The molecular weight excluding hydrogens is 380 g/mol. The van der Waals surface area contributed by atoms with Crippen LogP contribution in [0.5, 0.6) is 11.5 Å². The molecule has 154 valence electrons. The first-order chi connectivity index (χ1) is 14.7. The quantitative estimate of drug-likeness (QED) is 0.666.